The van der Waals surface area contributed by atoms with Crippen molar-refractivity contribution >= 4 is 5.96 Å². The van der Waals surface area contributed by atoms with Crippen LogP contribution in [-0.4, -0.2) is 32.3 Å². The van der Waals surface area contributed by atoms with E-state index in [1.165, 1.54) is 0 Å². The number of para-hydroxylation sites is 1. The smallest absolute Gasteiger partial charge is 0.191 e. The summed E-state index contributed by atoms with van der Waals surface area (Å²) >= 11 is 0. The van der Waals surface area contributed by atoms with Gasteiger partial charge < -0.3 is 20.1 Å². The van der Waals surface area contributed by atoms with E-state index in [-0.39, 0.29) is 6.10 Å². The molecule has 134 valence electrons. The summed E-state index contributed by atoms with van der Waals surface area (Å²) in [6, 6.07) is 17.8. The predicted octanol–water partition coefficient (Wildman–Crippen LogP) is 3.22. The minimum absolute atomic E-state index is 0.0345. The van der Waals surface area contributed by atoms with Gasteiger partial charge in [-0.1, -0.05) is 30.3 Å². The van der Waals surface area contributed by atoms with Gasteiger partial charge in [0.15, 0.2) is 5.96 Å². The number of benzene rings is 2. The third kappa shape index (κ3) is 6.75. The zero-order valence-corrected chi connectivity index (χ0v) is 15.2. The van der Waals surface area contributed by atoms with Crippen molar-refractivity contribution in [2.24, 2.45) is 4.99 Å². The number of ether oxygens (including phenoxy) is 2. The van der Waals surface area contributed by atoms with E-state index in [0.29, 0.717) is 13.1 Å². The average Bonchev–Trinajstić information content (AvgIpc) is 2.65. The maximum Gasteiger partial charge on any atom is 0.191 e. The van der Waals surface area contributed by atoms with Gasteiger partial charge in [0, 0.05) is 6.54 Å². The molecule has 25 heavy (non-hydrogen) atoms. The van der Waals surface area contributed by atoms with Crippen molar-refractivity contribution in [1.29, 1.82) is 0 Å². The van der Waals surface area contributed by atoms with Crippen molar-refractivity contribution in [2.75, 3.05) is 20.2 Å². The third-order valence-electron chi connectivity index (χ3n) is 3.56. The molecule has 2 rings (SSSR count). The first-order chi connectivity index (χ1) is 12.2. The lowest BCUT2D eigenvalue weighted by atomic mass is 10.2. The summed E-state index contributed by atoms with van der Waals surface area (Å²) < 4.78 is 11.0. The summed E-state index contributed by atoms with van der Waals surface area (Å²) in [7, 11) is 1.67. The van der Waals surface area contributed by atoms with E-state index in [0.717, 1.165) is 29.6 Å². The number of guanidine groups is 1. The quantitative estimate of drug-likeness (QED) is 0.572. The van der Waals surface area contributed by atoms with Gasteiger partial charge in [0.1, 0.15) is 17.6 Å². The Kier molecular flexibility index (Phi) is 7.63. The van der Waals surface area contributed by atoms with Crippen molar-refractivity contribution in [3.05, 3.63) is 60.2 Å². The zero-order chi connectivity index (χ0) is 17.9. The highest BCUT2D eigenvalue weighted by Gasteiger charge is 2.05. The van der Waals surface area contributed by atoms with E-state index in [9.17, 15) is 0 Å². The highest BCUT2D eigenvalue weighted by Crippen LogP contribution is 2.12. The number of aliphatic imine (C=N–C) groups is 1. The van der Waals surface area contributed by atoms with Crippen LogP contribution in [0.3, 0.4) is 0 Å². The van der Waals surface area contributed by atoms with Gasteiger partial charge in [-0.05, 0) is 43.7 Å². The number of hydrogen-bond acceptors (Lipinski definition) is 3. The Morgan fingerprint density at radius 2 is 1.72 bits per heavy atom. The van der Waals surface area contributed by atoms with Crippen LogP contribution in [0.4, 0.5) is 0 Å². The van der Waals surface area contributed by atoms with Gasteiger partial charge in [0.05, 0.1) is 20.2 Å². The number of hydrogen-bond donors (Lipinski definition) is 2. The molecule has 0 fully saturated rings. The van der Waals surface area contributed by atoms with Crippen molar-refractivity contribution in [3.63, 3.8) is 0 Å². The minimum atomic E-state index is 0.0345. The summed E-state index contributed by atoms with van der Waals surface area (Å²) in [6.45, 7) is 6.17. The van der Waals surface area contributed by atoms with Crippen molar-refractivity contribution < 1.29 is 9.47 Å². The van der Waals surface area contributed by atoms with Crippen LogP contribution in [0.15, 0.2) is 59.6 Å². The first kappa shape index (κ1) is 18.6. The van der Waals surface area contributed by atoms with Crippen molar-refractivity contribution in [3.8, 4) is 11.5 Å². The van der Waals surface area contributed by atoms with Gasteiger partial charge >= 0.3 is 0 Å². The second kappa shape index (κ2) is 10.2. The molecule has 0 spiro atoms. The highest BCUT2D eigenvalue weighted by atomic mass is 16.5. The Morgan fingerprint density at radius 3 is 2.36 bits per heavy atom. The van der Waals surface area contributed by atoms with E-state index in [1.807, 2.05) is 61.5 Å². The van der Waals surface area contributed by atoms with E-state index in [4.69, 9.17) is 9.47 Å². The molecule has 2 N–H and O–H groups in total. The van der Waals surface area contributed by atoms with Crippen molar-refractivity contribution in [1.82, 2.24) is 10.6 Å². The fourth-order valence-electron chi connectivity index (χ4n) is 2.26. The highest BCUT2D eigenvalue weighted by molar-refractivity contribution is 5.79. The molecular weight excluding hydrogens is 314 g/mol. The molecule has 2 aromatic rings. The molecule has 0 saturated heterocycles. The van der Waals surface area contributed by atoms with Crippen LogP contribution in [0, 0.1) is 0 Å². The van der Waals surface area contributed by atoms with Crippen LogP contribution >= 0.6 is 0 Å². The molecule has 2 aromatic carbocycles. The Labute approximate surface area is 150 Å². The van der Waals surface area contributed by atoms with Gasteiger partial charge in [-0.25, -0.2) is 4.99 Å². The van der Waals surface area contributed by atoms with Gasteiger partial charge in [-0.2, -0.15) is 0 Å². The van der Waals surface area contributed by atoms with Gasteiger partial charge in [0.25, 0.3) is 0 Å². The summed E-state index contributed by atoms with van der Waals surface area (Å²) in [5.41, 5.74) is 1.13. The number of nitrogens with one attached hydrogen (secondary N) is 2. The standard InChI is InChI=1S/C20H27N3O2/c1-4-21-20(23-15-17-10-12-18(24-3)13-11-17)22-14-16(2)25-19-8-6-5-7-9-19/h5-13,16H,4,14-15H2,1-3H3,(H2,21,22,23). The Morgan fingerprint density at radius 1 is 1.00 bits per heavy atom. The lowest BCUT2D eigenvalue weighted by Crippen LogP contribution is -2.41. The maximum absolute atomic E-state index is 5.87. The molecule has 0 aliphatic carbocycles. The molecular formula is C20H27N3O2. The topological polar surface area (TPSA) is 54.9 Å². The first-order valence-electron chi connectivity index (χ1n) is 8.58. The summed E-state index contributed by atoms with van der Waals surface area (Å²) in [5.74, 6) is 2.50. The van der Waals surface area contributed by atoms with Crippen LogP contribution in [-0.2, 0) is 6.54 Å². The lowest BCUT2D eigenvalue weighted by molar-refractivity contribution is 0.224. The molecule has 0 aromatic heterocycles. The second-order valence-electron chi connectivity index (χ2n) is 5.67. The molecule has 0 bridgehead atoms. The average molecular weight is 341 g/mol. The third-order valence-corrected chi connectivity index (χ3v) is 3.56. The minimum Gasteiger partial charge on any atom is -0.497 e. The largest absolute Gasteiger partial charge is 0.497 e. The molecule has 0 radical (unpaired) electrons. The second-order valence-corrected chi connectivity index (χ2v) is 5.67. The molecule has 0 heterocycles. The molecule has 0 saturated carbocycles. The van der Waals surface area contributed by atoms with E-state index >= 15 is 0 Å². The molecule has 5 heteroatoms. The first-order valence-corrected chi connectivity index (χ1v) is 8.58. The summed E-state index contributed by atoms with van der Waals surface area (Å²) in [5, 5.41) is 6.58. The predicted molar refractivity (Wildman–Crippen MR) is 102 cm³/mol. The van der Waals surface area contributed by atoms with E-state index in [2.05, 4.69) is 22.5 Å². The Hall–Kier alpha value is -2.69. The fraction of sp³-hybridized carbons (Fsp3) is 0.350. The van der Waals surface area contributed by atoms with Crippen LogP contribution in [0.2, 0.25) is 0 Å². The molecule has 5 nitrogen and oxygen atoms in total. The molecule has 0 aliphatic rings. The maximum atomic E-state index is 5.87. The molecule has 1 unspecified atom stereocenters. The normalized spacial score (nSPS) is 12.4. The van der Waals surface area contributed by atoms with E-state index < -0.39 is 0 Å². The molecule has 0 aliphatic heterocycles. The molecule has 1 atom stereocenters. The van der Waals surface area contributed by atoms with Crippen LogP contribution in [0.5, 0.6) is 11.5 Å². The fourth-order valence-corrected chi connectivity index (χ4v) is 2.26. The molecule has 0 amide bonds. The summed E-state index contributed by atoms with van der Waals surface area (Å²) in [4.78, 5) is 4.62. The number of methoxy groups -OCH3 is 1. The van der Waals surface area contributed by atoms with Gasteiger partial charge in [0.2, 0.25) is 0 Å². The van der Waals surface area contributed by atoms with E-state index in [1.54, 1.807) is 7.11 Å². The SMILES string of the molecule is CCNC(=NCc1ccc(OC)cc1)NCC(C)Oc1ccccc1. The zero-order valence-electron chi connectivity index (χ0n) is 15.2. The number of rotatable bonds is 8. The van der Waals surface area contributed by atoms with Crippen LogP contribution in [0.1, 0.15) is 19.4 Å². The number of nitrogens with zero attached hydrogens (tertiary/aromatic N) is 1. The Balaban J connectivity index is 1.86. The van der Waals surface area contributed by atoms with Crippen molar-refractivity contribution in [2.45, 2.75) is 26.5 Å². The van der Waals surface area contributed by atoms with Gasteiger partial charge in [-0.3, -0.25) is 0 Å². The summed E-state index contributed by atoms with van der Waals surface area (Å²) in [6.07, 6.45) is 0.0345. The van der Waals surface area contributed by atoms with Gasteiger partial charge in [-0.15, -0.1) is 0 Å². The Bertz CT molecular complexity index is 642. The lowest BCUT2D eigenvalue weighted by Gasteiger charge is -2.17. The van der Waals surface area contributed by atoms with Crippen LogP contribution < -0.4 is 20.1 Å². The monoisotopic (exact) mass is 341 g/mol. The van der Waals surface area contributed by atoms with Crippen LogP contribution in [0.25, 0.3) is 0 Å².